The van der Waals surface area contributed by atoms with Crippen LogP contribution in [0.25, 0.3) is 0 Å². The summed E-state index contributed by atoms with van der Waals surface area (Å²) >= 11 is 0. The molecule has 4 nitrogen and oxygen atoms in total. The molecule has 19 heavy (non-hydrogen) atoms. The molecule has 0 saturated heterocycles. The second kappa shape index (κ2) is 6.53. The number of benzene rings is 1. The van der Waals surface area contributed by atoms with E-state index in [4.69, 9.17) is 5.73 Å². The molecule has 0 bridgehead atoms. The van der Waals surface area contributed by atoms with Gasteiger partial charge in [0.2, 0.25) is 5.91 Å². The van der Waals surface area contributed by atoms with Gasteiger partial charge in [-0.25, -0.2) is 0 Å². The van der Waals surface area contributed by atoms with Crippen LogP contribution in [0.3, 0.4) is 0 Å². The summed E-state index contributed by atoms with van der Waals surface area (Å²) in [6.07, 6.45) is -4.31. The fourth-order valence-electron chi connectivity index (χ4n) is 1.58. The SMILES string of the molecule is CN(CC(=O)Nc1cccc(CN)c1)CC(F)(F)F. The lowest BCUT2D eigenvalue weighted by Crippen LogP contribution is -2.36. The van der Waals surface area contributed by atoms with Crippen molar-refractivity contribution in [2.75, 3.05) is 25.5 Å². The zero-order valence-corrected chi connectivity index (χ0v) is 10.5. The van der Waals surface area contributed by atoms with Gasteiger partial charge >= 0.3 is 6.18 Å². The molecule has 0 atom stereocenters. The number of nitrogens with one attached hydrogen (secondary N) is 1. The second-order valence-corrected chi connectivity index (χ2v) is 4.24. The molecule has 0 heterocycles. The Morgan fingerprint density at radius 2 is 2.11 bits per heavy atom. The van der Waals surface area contributed by atoms with Gasteiger partial charge in [-0.15, -0.1) is 0 Å². The van der Waals surface area contributed by atoms with Crippen molar-refractivity contribution in [1.29, 1.82) is 0 Å². The van der Waals surface area contributed by atoms with E-state index < -0.39 is 18.6 Å². The quantitative estimate of drug-likeness (QED) is 0.857. The van der Waals surface area contributed by atoms with E-state index in [9.17, 15) is 18.0 Å². The number of anilines is 1. The molecular formula is C12H16F3N3O. The first-order chi connectivity index (χ1) is 8.80. The van der Waals surface area contributed by atoms with Crippen molar-refractivity contribution in [2.45, 2.75) is 12.7 Å². The molecule has 0 radical (unpaired) electrons. The molecule has 0 aliphatic carbocycles. The Bertz CT molecular complexity index is 434. The Morgan fingerprint density at radius 1 is 1.42 bits per heavy atom. The zero-order valence-electron chi connectivity index (χ0n) is 10.5. The highest BCUT2D eigenvalue weighted by Gasteiger charge is 2.29. The first-order valence-corrected chi connectivity index (χ1v) is 5.64. The molecule has 106 valence electrons. The Hall–Kier alpha value is -1.60. The number of halogens is 3. The lowest BCUT2D eigenvalue weighted by atomic mass is 10.2. The minimum atomic E-state index is -4.31. The van der Waals surface area contributed by atoms with Crippen LogP contribution in [0.1, 0.15) is 5.56 Å². The van der Waals surface area contributed by atoms with E-state index in [1.807, 2.05) is 0 Å². The van der Waals surface area contributed by atoms with Crippen LogP contribution in [-0.2, 0) is 11.3 Å². The highest BCUT2D eigenvalue weighted by Crippen LogP contribution is 2.15. The highest BCUT2D eigenvalue weighted by atomic mass is 19.4. The van der Waals surface area contributed by atoms with Gasteiger partial charge in [-0.1, -0.05) is 12.1 Å². The van der Waals surface area contributed by atoms with E-state index in [1.165, 1.54) is 7.05 Å². The van der Waals surface area contributed by atoms with Gasteiger partial charge in [0.15, 0.2) is 0 Å². The normalized spacial score (nSPS) is 11.7. The van der Waals surface area contributed by atoms with Crippen LogP contribution in [-0.4, -0.2) is 37.1 Å². The number of amides is 1. The molecule has 1 aromatic carbocycles. The molecule has 3 N–H and O–H groups in total. The smallest absolute Gasteiger partial charge is 0.326 e. The van der Waals surface area contributed by atoms with Gasteiger partial charge < -0.3 is 11.1 Å². The van der Waals surface area contributed by atoms with Crippen molar-refractivity contribution >= 4 is 11.6 Å². The Labute approximate surface area is 109 Å². The van der Waals surface area contributed by atoms with E-state index in [0.29, 0.717) is 12.2 Å². The number of likely N-dealkylation sites (N-methyl/N-ethyl adjacent to an activating group) is 1. The van der Waals surface area contributed by atoms with Crippen molar-refractivity contribution in [3.63, 3.8) is 0 Å². The minimum Gasteiger partial charge on any atom is -0.326 e. The van der Waals surface area contributed by atoms with Crippen LogP contribution < -0.4 is 11.1 Å². The molecule has 0 spiro atoms. The predicted molar refractivity (Wildman–Crippen MR) is 66.5 cm³/mol. The summed E-state index contributed by atoms with van der Waals surface area (Å²) in [6.45, 7) is -1.12. The van der Waals surface area contributed by atoms with Gasteiger partial charge in [-0.3, -0.25) is 9.69 Å². The molecule has 0 aliphatic heterocycles. The maximum Gasteiger partial charge on any atom is 0.401 e. The molecule has 0 aliphatic rings. The fraction of sp³-hybridized carbons (Fsp3) is 0.417. The zero-order chi connectivity index (χ0) is 14.5. The first kappa shape index (κ1) is 15.5. The van der Waals surface area contributed by atoms with Gasteiger partial charge in [0, 0.05) is 12.2 Å². The summed E-state index contributed by atoms with van der Waals surface area (Å²) in [5.74, 6) is -0.499. The molecule has 7 heteroatoms. The summed E-state index contributed by atoms with van der Waals surface area (Å²) in [4.78, 5) is 12.5. The van der Waals surface area contributed by atoms with Crippen LogP contribution in [0.15, 0.2) is 24.3 Å². The number of hydrogen-bond donors (Lipinski definition) is 2. The van der Waals surface area contributed by atoms with Crippen molar-refractivity contribution in [3.8, 4) is 0 Å². The summed E-state index contributed by atoms with van der Waals surface area (Å²) in [6, 6.07) is 6.85. The molecule has 1 aromatic rings. The number of hydrogen-bond acceptors (Lipinski definition) is 3. The number of nitrogens with two attached hydrogens (primary N) is 1. The largest absolute Gasteiger partial charge is 0.401 e. The summed E-state index contributed by atoms with van der Waals surface area (Å²) in [7, 11) is 1.24. The fourth-order valence-corrected chi connectivity index (χ4v) is 1.58. The molecule has 0 fully saturated rings. The van der Waals surface area contributed by atoms with E-state index in [-0.39, 0.29) is 6.54 Å². The standard InChI is InChI=1S/C12H16F3N3O/c1-18(8-12(13,14)15)7-11(19)17-10-4-2-3-9(5-10)6-16/h2-5H,6-8,16H2,1H3,(H,17,19). The van der Waals surface area contributed by atoms with Crippen molar-refractivity contribution in [1.82, 2.24) is 4.90 Å². The lowest BCUT2D eigenvalue weighted by molar-refractivity contribution is -0.145. The third kappa shape index (κ3) is 6.21. The number of nitrogens with zero attached hydrogens (tertiary/aromatic N) is 1. The molecule has 1 amide bonds. The van der Waals surface area contributed by atoms with Crippen LogP contribution in [0.2, 0.25) is 0 Å². The molecular weight excluding hydrogens is 259 g/mol. The maximum atomic E-state index is 12.1. The van der Waals surface area contributed by atoms with Gasteiger partial charge in [0.05, 0.1) is 13.1 Å². The van der Waals surface area contributed by atoms with Gasteiger partial charge in [0.25, 0.3) is 0 Å². The Balaban J connectivity index is 2.50. The van der Waals surface area contributed by atoms with E-state index in [2.05, 4.69) is 5.32 Å². The lowest BCUT2D eigenvalue weighted by Gasteiger charge is -2.18. The highest BCUT2D eigenvalue weighted by molar-refractivity contribution is 5.92. The summed E-state index contributed by atoms with van der Waals surface area (Å²) in [5, 5.41) is 2.53. The number of alkyl halides is 3. The van der Waals surface area contributed by atoms with Crippen molar-refractivity contribution < 1.29 is 18.0 Å². The van der Waals surface area contributed by atoms with Crippen LogP contribution >= 0.6 is 0 Å². The summed E-state index contributed by atoms with van der Waals surface area (Å²) in [5.41, 5.74) is 6.81. The number of carbonyl (C=O) groups is 1. The Kier molecular flexibility index (Phi) is 5.31. The van der Waals surface area contributed by atoms with E-state index >= 15 is 0 Å². The van der Waals surface area contributed by atoms with E-state index in [1.54, 1.807) is 24.3 Å². The van der Waals surface area contributed by atoms with Crippen LogP contribution in [0, 0.1) is 0 Å². The van der Waals surface area contributed by atoms with Crippen LogP contribution in [0.5, 0.6) is 0 Å². The monoisotopic (exact) mass is 275 g/mol. The van der Waals surface area contributed by atoms with Gasteiger partial charge in [-0.2, -0.15) is 13.2 Å². The molecule has 0 unspecified atom stereocenters. The topological polar surface area (TPSA) is 58.4 Å². The van der Waals surface area contributed by atoms with E-state index in [0.717, 1.165) is 10.5 Å². The maximum absolute atomic E-state index is 12.1. The average molecular weight is 275 g/mol. The third-order valence-corrected chi connectivity index (χ3v) is 2.31. The third-order valence-electron chi connectivity index (χ3n) is 2.31. The first-order valence-electron chi connectivity index (χ1n) is 5.64. The average Bonchev–Trinajstić information content (AvgIpc) is 2.26. The van der Waals surface area contributed by atoms with Gasteiger partial charge in [0.1, 0.15) is 0 Å². The molecule has 1 rings (SSSR count). The second-order valence-electron chi connectivity index (χ2n) is 4.24. The van der Waals surface area contributed by atoms with Crippen LogP contribution in [0.4, 0.5) is 18.9 Å². The Morgan fingerprint density at radius 3 is 2.68 bits per heavy atom. The minimum absolute atomic E-state index is 0.327. The van der Waals surface area contributed by atoms with Crippen molar-refractivity contribution in [2.24, 2.45) is 5.73 Å². The predicted octanol–water partition coefficient (Wildman–Crippen LogP) is 1.58. The van der Waals surface area contributed by atoms with Gasteiger partial charge in [-0.05, 0) is 24.7 Å². The summed E-state index contributed by atoms with van der Waals surface area (Å²) < 4.78 is 36.3. The number of carbonyl (C=O) groups excluding carboxylic acids is 1. The van der Waals surface area contributed by atoms with Crippen molar-refractivity contribution in [3.05, 3.63) is 29.8 Å². The number of rotatable bonds is 5. The molecule has 0 aromatic heterocycles. The molecule has 0 saturated carbocycles.